The molecule has 98 valence electrons. The molecule has 0 aliphatic carbocycles. The van der Waals surface area contributed by atoms with Gasteiger partial charge in [-0.2, -0.15) is 5.10 Å². The average molecular weight is 250 g/mol. The minimum atomic E-state index is -0.797. The SMILES string of the molecule is O=C(O)C1CCCc2nc(C3CCCNC3)nn21. The van der Waals surface area contributed by atoms with Crippen molar-refractivity contribution < 1.29 is 9.90 Å². The van der Waals surface area contributed by atoms with E-state index in [0.717, 1.165) is 50.4 Å². The molecular formula is C12H18N4O2. The second-order valence-corrected chi connectivity index (χ2v) is 5.12. The largest absolute Gasteiger partial charge is 0.480 e. The van der Waals surface area contributed by atoms with Gasteiger partial charge in [0.15, 0.2) is 11.9 Å². The van der Waals surface area contributed by atoms with Gasteiger partial charge in [0.25, 0.3) is 0 Å². The van der Waals surface area contributed by atoms with Crippen LogP contribution in [0.5, 0.6) is 0 Å². The molecule has 0 aromatic carbocycles. The lowest BCUT2D eigenvalue weighted by atomic mass is 9.99. The maximum atomic E-state index is 11.2. The highest BCUT2D eigenvalue weighted by Crippen LogP contribution is 2.27. The van der Waals surface area contributed by atoms with E-state index in [1.807, 2.05) is 0 Å². The first-order valence-electron chi connectivity index (χ1n) is 6.64. The van der Waals surface area contributed by atoms with Crippen LogP contribution < -0.4 is 5.32 Å². The van der Waals surface area contributed by atoms with Crippen molar-refractivity contribution in [2.45, 2.75) is 44.1 Å². The lowest BCUT2D eigenvalue weighted by Gasteiger charge is -2.20. The maximum absolute atomic E-state index is 11.2. The molecule has 0 spiro atoms. The first-order valence-corrected chi connectivity index (χ1v) is 6.64. The molecule has 2 aliphatic heterocycles. The Bertz CT molecular complexity index is 451. The van der Waals surface area contributed by atoms with Gasteiger partial charge in [0.2, 0.25) is 0 Å². The molecule has 3 rings (SSSR count). The summed E-state index contributed by atoms with van der Waals surface area (Å²) >= 11 is 0. The summed E-state index contributed by atoms with van der Waals surface area (Å²) < 4.78 is 1.63. The number of nitrogens with one attached hydrogen (secondary N) is 1. The minimum Gasteiger partial charge on any atom is -0.480 e. The van der Waals surface area contributed by atoms with E-state index in [4.69, 9.17) is 0 Å². The fourth-order valence-electron chi connectivity index (χ4n) is 2.84. The van der Waals surface area contributed by atoms with Crippen LogP contribution in [0.3, 0.4) is 0 Å². The van der Waals surface area contributed by atoms with Gasteiger partial charge in [0.1, 0.15) is 5.82 Å². The van der Waals surface area contributed by atoms with Crippen LogP contribution in [0.15, 0.2) is 0 Å². The Morgan fingerprint density at radius 1 is 1.39 bits per heavy atom. The summed E-state index contributed by atoms with van der Waals surface area (Å²) in [6, 6.07) is -0.522. The van der Waals surface area contributed by atoms with Crippen LogP contribution in [0.1, 0.15) is 49.3 Å². The van der Waals surface area contributed by atoms with Crippen LogP contribution in [-0.2, 0) is 11.2 Å². The number of aliphatic carboxylic acids is 1. The van der Waals surface area contributed by atoms with Crippen molar-refractivity contribution in [3.8, 4) is 0 Å². The van der Waals surface area contributed by atoms with Gasteiger partial charge in [-0.25, -0.2) is 14.5 Å². The number of rotatable bonds is 2. The highest BCUT2D eigenvalue weighted by Gasteiger charge is 2.30. The van der Waals surface area contributed by atoms with Gasteiger partial charge in [0, 0.05) is 18.9 Å². The number of carboxylic acid groups (broad SMARTS) is 1. The summed E-state index contributed by atoms with van der Waals surface area (Å²) in [4.78, 5) is 15.8. The van der Waals surface area contributed by atoms with Crippen molar-refractivity contribution in [3.05, 3.63) is 11.6 Å². The molecule has 1 aromatic heterocycles. The molecule has 18 heavy (non-hydrogen) atoms. The number of carboxylic acids is 1. The van der Waals surface area contributed by atoms with Crippen molar-refractivity contribution in [1.82, 2.24) is 20.1 Å². The molecule has 6 heteroatoms. The predicted octanol–water partition coefficient (Wildman–Crippen LogP) is 0.707. The van der Waals surface area contributed by atoms with Crippen LogP contribution >= 0.6 is 0 Å². The van der Waals surface area contributed by atoms with Crippen molar-refractivity contribution in [2.75, 3.05) is 13.1 Å². The normalized spacial score (nSPS) is 27.8. The lowest BCUT2D eigenvalue weighted by Crippen LogP contribution is -2.29. The topological polar surface area (TPSA) is 80.0 Å². The van der Waals surface area contributed by atoms with Crippen molar-refractivity contribution in [3.63, 3.8) is 0 Å². The van der Waals surface area contributed by atoms with Gasteiger partial charge in [-0.1, -0.05) is 0 Å². The fraction of sp³-hybridized carbons (Fsp3) is 0.750. The smallest absolute Gasteiger partial charge is 0.328 e. The third kappa shape index (κ3) is 2.01. The molecule has 2 unspecified atom stereocenters. The second-order valence-electron chi connectivity index (χ2n) is 5.12. The van der Waals surface area contributed by atoms with Gasteiger partial charge in [0.05, 0.1) is 0 Å². The van der Waals surface area contributed by atoms with Gasteiger partial charge < -0.3 is 10.4 Å². The van der Waals surface area contributed by atoms with Gasteiger partial charge in [-0.05, 0) is 32.2 Å². The minimum absolute atomic E-state index is 0.339. The number of aromatic nitrogens is 3. The summed E-state index contributed by atoms with van der Waals surface area (Å²) in [6.07, 6.45) is 4.62. The van der Waals surface area contributed by atoms with Crippen LogP contribution in [0.4, 0.5) is 0 Å². The quantitative estimate of drug-likeness (QED) is 0.808. The zero-order chi connectivity index (χ0) is 12.5. The summed E-state index contributed by atoms with van der Waals surface area (Å²) in [6.45, 7) is 1.96. The van der Waals surface area contributed by atoms with E-state index in [-0.39, 0.29) is 0 Å². The first-order chi connectivity index (χ1) is 8.75. The van der Waals surface area contributed by atoms with E-state index in [9.17, 15) is 9.90 Å². The standard InChI is InChI=1S/C12H18N4O2/c17-12(18)9-4-1-5-10-14-11(15-16(9)10)8-3-2-6-13-7-8/h8-9,13H,1-7H2,(H,17,18). The molecule has 1 fully saturated rings. The zero-order valence-corrected chi connectivity index (χ0v) is 10.3. The lowest BCUT2D eigenvalue weighted by molar-refractivity contribution is -0.141. The molecule has 0 amide bonds. The number of hydrogen-bond donors (Lipinski definition) is 2. The Labute approximate surface area is 105 Å². The molecule has 1 saturated heterocycles. The Kier molecular flexibility index (Phi) is 3.03. The van der Waals surface area contributed by atoms with Gasteiger partial charge in [-0.3, -0.25) is 0 Å². The number of hydrogen-bond acceptors (Lipinski definition) is 4. The summed E-state index contributed by atoms with van der Waals surface area (Å²) in [5, 5.41) is 17.0. The summed E-state index contributed by atoms with van der Waals surface area (Å²) in [5.41, 5.74) is 0. The Hall–Kier alpha value is -1.43. The van der Waals surface area contributed by atoms with Crippen molar-refractivity contribution >= 4 is 5.97 Å². The first kappa shape index (κ1) is 11.6. The van der Waals surface area contributed by atoms with E-state index in [1.54, 1.807) is 4.68 Å². The Morgan fingerprint density at radius 2 is 2.28 bits per heavy atom. The highest BCUT2D eigenvalue weighted by atomic mass is 16.4. The molecule has 0 saturated carbocycles. The van der Waals surface area contributed by atoms with Crippen LogP contribution in [-0.4, -0.2) is 38.9 Å². The van der Waals surface area contributed by atoms with Crippen LogP contribution in [0.25, 0.3) is 0 Å². The Morgan fingerprint density at radius 3 is 3.00 bits per heavy atom. The van der Waals surface area contributed by atoms with Gasteiger partial charge >= 0.3 is 5.97 Å². The fourth-order valence-corrected chi connectivity index (χ4v) is 2.84. The van der Waals surface area contributed by atoms with E-state index >= 15 is 0 Å². The number of piperidine rings is 1. The summed E-state index contributed by atoms with van der Waals surface area (Å²) in [5.74, 6) is 1.21. The van der Waals surface area contributed by atoms with E-state index < -0.39 is 12.0 Å². The monoisotopic (exact) mass is 250 g/mol. The van der Waals surface area contributed by atoms with Crippen molar-refractivity contribution in [2.24, 2.45) is 0 Å². The highest BCUT2D eigenvalue weighted by molar-refractivity contribution is 5.71. The van der Waals surface area contributed by atoms with E-state index in [2.05, 4.69) is 15.4 Å². The number of fused-ring (bicyclic) bond motifs is 1. The van der Waals surface area contributed by atoms with Crippen LogP contribution in [0, 0.1) is 0 Å². The number of nitrogens with zero attached hydrogens (tertiary/aromatic N) is 3. The zero-order valence-electron chi connectivity index (χ0n) is 10.3. The second kappa shape index (κ2) is 4.68. The van der Waals surface area contributed by atoms with E-state index in [0.29, 0.717) is 12.3 Å². The molecule has 1 aromatic rings. The molecule has 3 heterocycles. The van der Waals surface area contributed by atoms with Gasteiger partial charge in [-0.15, -0.1) is 0 Å². The summed E-state index contributed by atoms with van der Waals surface area (Å²) in [7, 11) is 0. The third-order valence-electron chi connectivity index (χ3n) is 3.84. The van der Waals surface area contributed by atoms with Crippen LogP contribution in [0.2, 0.25) is 0 Å². The molecule has 2 N–H and O–H groups in total. The molecular weight excluding hydrogens is 232 g/mol. The molecule has 2 atom stereocenters. The molecule has 0 bridgehead atoms. The molecule has 2 aliphatic rings. The molecule has 0 radical (unpaired) electrons. The molecule has 6 nitrogen and oxygen atoms in total. The van der Waals surface area contributed by atoms with Crippen molar-refractivity contribution in [1.29, 1.82) is 0 Å². The third-order valence-corrected chi connectivity index (χ3v) is 3.84. The maximum Gasteiger partial charge on any atom is 0.328 e. The number of carbonyl (C=O) groups is 1. The predicted molar refractivity (Wildman–Crippen MR) is 64.5 cm³/mol. The Balaban J connectivity index is 1.88. The van der Waals surface area contributed by atoms with E-state index in [1.165, 1.54) is 0 Å². The average Bonchev–Trinajstić information content (AvgIpc) is 2.83. The number of aryl methyl sites for hydroxylation is 1.